The molecule has 0 radical (unpaired) electrons. The van der Waals surface area contributed by atoms with E-state index in [0.29, 0.717) is 12.1 Å². The van der Waals surface area contributed by atoms with Gasteiger partial charge in [-0.15, -0.1) is 0 Å². The molecule has 0 aliphatic rings. The second kappa shape index (κ2) is 6.73. The highest BCUT2D eigenvalue weighted by atomic mass is 32.2. The summed E-state index contributed by atoms with van der Waals surface area (Å²) in [6.07, 6.45) is -2.95. The van der Waals surface area contributed by atoms with Crippen molar-refractivity contribution in [3.05, 3.63) is 65.0 Å². The Balaban J connectivity index is 2.10. The number of hydrogen-bond donors (Lipinski definition) is 0. The van der Waals surface area contributed by atoms with Crippen LogP contribution in [-0.2, 0) is 22.7 Å². The van der Waals surface area contributed by atoms with E-state index in [-0.39, 0.29) is 22.7 Å². The van der Waals surface area contributed by atoms with E-state index < -0.39 is 39.9 Å². The Kier molecular flexibility index (Phi) is 4.82. The fraction of sp³-hybridized carbons (Fsp3) is 0.235. The average Bonchev–Trinajstić information content (AvgIpc) is 2.88. The van der Waals surface area contributed by atoms with Crippen molar-refractivity contribution in [3.8, 4) is 0 Å². The number of fused-ring (bicyclic) bond motifs is 1. The standard InChI is InChI=1S/C17H14F5N3O2S/c1-10-16(23-15-6-4-12(18)9-24(10)15)25(28(2,26)27)8-11-3-5-14(19)13(7-11)17(20,21)22/h3-7,9H,8H2,1-2H3. The lowest BCUT2D eigenvalue weighted by molar-refractivity contribution is -0.140. The molecular weight excluding hydrogens is 405 g/mol. The number of alkyl halides is 3. The molecule has 0 bridgehead atoms. The summed E-state index contributed by atoms with van der Waals surface area (Å²) in [5.41, 5.74) is -1.04. The largest absolute Gasteiger partial charge is 0.419 e. The Hall–Kier alpha value is -2.69. The van der Waals surface area contributed by atoms with Gasteiger partial charge in [-0.3, -0.25) is 4.40 Å². The topological polar surface area (TPSA) is 54.7 Å². The normalized spacial score (nSPS) is 12.5. The minimum Gasteiger partial charge on any atom is -0.299 e. The molecular formula is C17H14F5N3O2S. The molecule has 150 valence electrons. The Labute approximate surface area is 157 Å². The van der Waals surface area contributed by atoms with E-state index in [4.69, 9.17) is 0 Å². The third-order valence-corrected chi connectivity index (χ3v) is 5.20. The van der Waals surface area contributed by atoms with Gasteiger partial charge in [0, 0.05) is 6.20 Å². The van der Waals surface area contributed by atoms with Gasteiger partial charge in [0.2, 0.25) is 10.0 Å². The summed E-state index contributed by atoms with van der Waals surface area (Å²) in [5.74, 6) is -2.09. The minimum absolute atomic E-state index is 0.0639. The molecule has 0 saturated carbocycles. The molecule has 5 nitrogen and oxygen atoms in total. The number of pyridine rings is 1. The molecule has 0 atom stereocenters. The Bertz CT molecular complexity index is 1160. The van der Waals surface area contributed by atoms with E-state index >= 15 is 0 Å². The molecule has 0 amide bonds. The minimum atomic E-state index is -4.92. The lowest BCUT2D eigenvalue weighted by Crippen LogP contribution is -2.30. The van der Waals surface area contributed by atoms with Crippen LogP contribution in [0.3, 0.4) is 0 Å². The van der Waals surface area contributed by atoms with Crippen LogP contribution in [0.4, 0.5) is 27.8 Å². The average molecular weight is 419 g/mol. The van der Waals surface area contributed by atoms with Gasteiger partial charge >= 0.3 is 6.18 Å². The number of nitrogens with zero attached hydrogens (tertiary/aromatic N) is 3. The fourth-order valence-electron chi connectivity index (χ4n) is 2.76. The summed E-state index contributed by atoms with van der Waals surface area (Å²) in [5, 5.41) is 0. The van der Waals surface area contributed by atoms with E-state index in [2.05, 4.69) is 4.98 Å². The Morgan fingerprint density at radius 1 is 1.14 bits per heavy atom. The molecule has 0 aliphatic heterocycles. The number of anilines is 1. The number of halogens is 5. The first-order chi connectivity index (χ1) is 12.9. The summed E-state index contributed by atoms with van der Waals surface area (Å²) in [7, 11) is -3.97. The van der Waals surface area contributed by atoms with Crippen molar-refractivity contribution in [2.75, 3.05) is 10.6 Å². The van der Waals surface area contributed by atoms with Crippen molar-refractivity contribution >= 4 is 21.5 Å². The van der Waals surface area contributed by atoms with Crippen LogP contribution >= 0.6 is 0 Å². The van der Waals surface area contributed by atoms with E-state index in [0.717, 1.165) is 28.9 Å². The predicted molar refractivity (Wildman–Crippen MR) is 92.3 cm³/mol. The van der Waals surface area contributed by atoms with Crippen molar-refractivity contribution in [3.63, 3.8) is 0 Å². The highest BCUT2D eigenvalue weighted by Crippen LogP contribution is 2.33. The van der Waals surface area contributed by atoms with Crippen molar-refractivity contribution in [1.82, 2.24) is 9.38 Å². The first-order valence-corrected chi connectivity index (χ1v) is 9.70. The van der Waals surface area contributed by atoms with Crippen LogP contribution in [0, 0.1) is 18.6 Å². The van der Waals surface area contributed by atoms with E-state index in [9.17, 15) is 30.4 Å². The van der Waals surface area contributed by atoms with Gasteiger partial charge in [-0.05, 0) is 36.8 Å². The number of rotatable bonds is 4. The predicted octanol–water partition coefficient (Wildman–Crippen LogP) is 3.91. The lowest BCUT2D eigenvalue weighted by Gasteiger charge is -2.21. The third-order valence-electron chi connectivity index (χ3n) is 4.10. The molecule has 1 aromatic carbocycles. The molecule has 0 aliphatic carbocycles. The van der Waals surface area contributed by atoms with Gasteiger partial charge in [-0.25, -0.2) is 26.5 Å². The zero-order chi connectivity index (χ0) is 20.9. The molecule has 3 rings (SSSR count). The van der Waals surface area contributed by atoms with Crippen LogP contribution in [0.5, 0.6) is 0 Å². The SMILES string of the molecule is Cc1c(N(Cc2ccc(F)c(C(F)(F)F)c2)S(C)(=O)=O)nc2ccc(F)cn12. The molecule has 2 heterocycles. The monoisotopic (exact) mass is 419 g/mol. The van der Waals surface area contributed by atoms with Crippen LogP contribution < -0.4 is 4.31 Å². The second-order valence-corrected chi connectivity index (χ2v) is 8.08. The molecule has 0 saturated heterocycles. The van der Waals surface area contributed by atoms with Gasteiger partial charge in [-0.2, -0.15) is 13.2 Å². The first kappa shape index (κ1) is 20.1. The van der Waals surface area contributed by atoms with Crippen molar-refractivity contribution < 1.29 is 30.4 Å². The quantitative estimate of drug-likeness (QED) is 0.603. The summed E-state index contributed by atoms with van der Waals surface area (Å²) in [6.45, 7) is 0.994. The van der Waals surface area contributed by atoms with Crippen molar-refractivity contribution in [2.45, 2.75) is 19.6 Å². The zero-order valence-electron chi connectivity index (χ0n) is 14.6. The van der Waals surface area contributed by atoms with Crippen LogP contribution in [0.1, 0.15) is 16.8 Å². The van der Waals surface area contributed by atoms with Crippen LogP contribution in [-0.4, -0.2) is 24.1 Å². The smallest absolute Gasteiger partial charge is 0.299 e. The van der Waals surface area contributed by atoms with Gasteiger partial charge < -0.3 is 0 Å². The molecule has 28 heavy (non-hydrogen) atoms. The molecule has 2 aromatic heterocycles. The number of aryl methyl sites for hydroxylation is 1. The molecule has 0 N–H and O–H groups in total. The van der Waals surface area contributed by atoms with Crippen molar-refractivity contribution in [2.24, 2.45) is 0 Å². The van der Waals surface area contributed by atoms with Gasteiger partial charge in [0.1, 0.15) is 17.3 Å². The molecule has 11 heteroatoms. The van der Waals surface area contributed by atoms with Crippen LogP contribution in [0.2, 0.25) is 0 Å². The lowest BCUT2D eigenvalue weighted by atomic mass is 10.1. The van der Waals surface area contributed by atoms with Crippen molar-refractivity contribution in [1.29, 1.82) is 0 Å². The van der Waals surface area contributed by atoms with Gasteiger partial charge in [-0.1, -0.05) is 6.07 Å². The number of hydrogen-bond acceptors (Lipinski definition) is 3. The van der Waals surface area contributed by atoms with Crippen LogP contribution in [0.25, 0.3) is 5.65 Å². The summed E-state index contributed by atoms with van der Waals surface area (Å²) in [6, 6.07) is 4.73. The maximum Gasteiger partial charge on any atom is 0.419 e. The fourth-order valence-corrected chi connectivity index (χ4v) is 3.63. The second-order valence-electron chi connectivity index (χ2n) is 6.18. The maximum atomic E-state index is 13.5. The number of sulfonamides is 1. The molecule has 0 spiro atoms. The summed E-state index contributed by atoms with van der Waals surface area (Å²) < 4.78 is 92.5. The number of benzene rings is 1. The summed E-state index contributed by atoms with van der Waals surface area (Å²) >= 11 is 0. The third kappa shape index (κ3) is 3.79. The highest BCUT2D eigenvalue weighted by Gasteiger charge is 2.34. The molecule has 0 fully saturated rings. The first-order valence-electron chi connectivity index (χ1n) is 7.85. The van der Waals surface area contributed by atoms with E-state index in [1.165, 1.54) is 17.4 Å². The van der Waals surface area contributed by atoms with E-state index in [1.807, 2.05) is 0 Å². The number of aromatic nitrogens is 2. The van der Waals surface area contributed by atoms with Gasteiger partial charge in [0.25, 0.3) is 0 Å². The Morgan fingerprint density at radius 2 is 1.82 bits per heavy atom. The molecule has 3 aromatic rings. The summed E-state index contributed by atoms with van der Waals surface area (Å²) in [4.78, 5) is 4.15. The Morgan fingerprint density at radius 3 is 2.43 bits per heavy atom. The van der Waals surface area contributed by atoms with Gasteiger partial charge in [0.15, 0.2) is 5.82 Å². The number of imidazole rings is 1. The van der Waals surface area contributed by atoms with Gasteiger partial charge in [0.05, 0.1) is 24.1 Å². The maximum absolute atomic E-state index is 13.5. The molecule has 0 unspecified atom stereocenters. The zero-order valence-corrected chi connectivity index (χ0v) is 15.4. The highest BCUT2D eigenvalue weighted by molar-refractivity contribution is 7.92. The van der Waals surface area contributed by atoms with Crippen LogP contribution in [0.15, 0.2) is 36.5 Å². The van der Waals surface area contributed by atoms with E-state index in [1.54, 1.807) is 0 Å².